The number of unbranched alkanes of at least 4 members (excludes halogenated alkanes) is 1. The van der Waals surface area contributed by atoms with Gasteiger partial charge in [-0.25, -0.2) is 8.42 Å². The summed E-state index contributed by atoms with van der Waals surface area (Å²) in [6, 6.07) is 20.1. The van der Waals surface area contributed by atoms with E-state index in [9.17, 15) is 18.0 Å². The maximum Gasteiger partial charge on any atom is 0.264 e. The van der Waals surface area contributed by atoms with E-state index in [2.05, 4.69) is 5.32 Å². The molecular weight excluding hydrogens is 550 g/mol. The molecule has 2 amide bonds. The van der Waals surface area contributed by atoms with Crippen molar-refractivity contribution in [2.45, 2.75) is 71.4 Å². The summed E-state index contributed by atoms with van der Waals surface area (Å²) in [4.78, 5) is 29.0. The number of sulfonamides is 1. The fraction of sp³-hybridized carbons (Fsp3) is 0.394. The molecule has 8 nitrogen and oxygen atoms in total. The summed E-state index contributed by atoms with van der Waals surface area (Å²) in [6.07, 6.45) is 2.14. The van der Waals surface area contributed by atoms with Crippen molar-refractivity contribution in [2.75, 3.05) is 24.0 Å². The van der Waals surface area contributed by atoms with Crippen LogP contribution >= 0.6 is 0 Å². The van der Waals surface area contributed by atoms with Crippen molar-refractivity contribution in [1.82, 2.24) is 10.2 Å². The minimum absolute atomic E-state index is 0.0359. The molecule has 1 unspecified atom stereocenters. The second-order valence-corrected chi connectivity index (χ2v) is 12.2. The van der Waals surface area contributed by atoms with Crippen LogP contribution in [0.2, 0.25) is 0 Å². The van der Waals surface area contributed by atoms with Gasteiger partial charge in [-0.15, -0.1) is 0 Å². The van der Waals surface area contributed by atoms with E-state index >= 15 is 0 Å². The predicted molar refractivity (Wildman–Crippen MR) is 167 cm³/mol. The molecule has 0 aromatic heterocycles. The average Bonchev–Trinajstić information content (AvgIpc) is 2.98. The lowest BCUT2D eigenvalue weighted by atomic mass is 10.1. The van der Waals surface area contributed by atoms with Gasteiger partial charge in [-0.1, -0.05) is 67.8 Å². The number of hydrogen-bond donors (Lipinski definition) is 1. The lowest BCUT2D eigenvalue weighted by molar-refractivity contribution is -0.140. The van der Waals surface area contributed by atoms with Crippen LogP contribution in [0.15, 0.2) is 77.7 Å². The topological polar surface area (TPSA) is 96.0 Å². The molecule has 1 N–H and O–H groups in total. The summed E-state index contributed by atoms with van der Waals surface area (Å²) in [6.45, 7) is 10.3. The number of ether oxygens (including phenoxy) is 1. The van der Waals surface area contributed by atoms with Gasteiger partial charge >= 0.3 is 0 Å². The summed E-state index contributed by atoms with van der Waals surface area (Å²) >= 11 is 0. The first-order valence-electron chi connectivity index (χ1n) is 14.6. The SMILES string of the molecule is CCCCNC(=O)C(CC)N(Cc1ccc(C)cc1)C(=O)CN(c1ccc(C)cc1)S(=O)(=O)c1ccc(OCC)cc1. The second-order valence-electron chi connectivity index (χ2n) is 10.3. The van der Waals surface area contributed by atoms with Crippen LogP contribution in [0.3, 0.4) is 0 Å². The number of carbonyl (C=O) groups is 2. The third-order valence-corrected chi connectivity index (χ3v) is 8.80. The molecule has 1 atom stereocenters. The molecule has 3 rings (SSSR count). The van der Waals surface area contributed by atoms with Gasteiger partial charge in [0, 0.05) is 13.1 Å². The number of nitrogens with one attached hydrogen (secondary N) is 1. The Kier molecular flexibility index (Phi) is 12.0. The van der Waals surface area contributed by atoms with Crippen LogP contribution in [-0.2, 0) is 26.2 Å². The van der Waals surface area contributed by atoms with E-state index in [0.29, 0.717) is 31.0 Å². The standard InChI is InChI=1S/C33H43N3O5S/c1-6-9-22-34-33(38)31(7-2)35(23-27-14-10-25(4)11-15-27)32(37)24-36(28-16-12-26(5)13-17-28)42(39,40)30-20-18-29(19-21-30)41-8-3/h10-21,31H,6-9,22-24H2,1-5H3,(H,34,38). The van der Waals surface area contributed by atoms with Gasteiger partial charge in [-0.05, 0) is 75.6 Å². The van der Waals surface area contributed by atoms with E-state index < -0.39 is 28.5 Å². The van der Waals surface area contributed by atoms with Crippen LogP contribution < -0.4 is 14.4 Å². The van der Waals surface area contributed by atoms with E-state index in [1.54, 1.807) is 36.4 Å². The Balaban J connectivity index is 2.02. The van der Waals surface area contributed by atoms with Gasteiger partial charge in [-0.2, -0.15) is 0 Å². The first-order valence-corrected chi connectivity index (χ1v) is 16.0. The number of aryl methyl sites for hydroxylation is 2. The quantitative estimate of drug-likeness (QED) is 0.231. The monoisotopic (exact) mass is 593 g/mol. The number of nitrogens with zero attached hydrogens (tertiary/aromatic N) is 2. The molecule has 0 saturated heterocycles. The number of anilines is 1. The van der Waals surface area contributed by atoms with Gasteiger partial charge in [0.1, 0.15) is 18.3 Å². The van der Waals surface area contributed by atoms with E-state index in [-0.39, 0.29) is 17.3 Å². The number of carbonyl (C=O) groups excluding carboxylic acids is 2. The summed E-state index contributed by atoms with van der Waals surface area (Å²) < 4.78 is 34.6. The smallest absolute Gasteiger partial charge is 0.264 e. The van der Waals surface area contributed by atoms with Crippen molar-refractivity contribution >= 4 is 27.5 Å². The highest BCUT2D eigenvalue weighted by molar-refractivity contribution is 7.92. The molecular formula is C33H43N3O5S. The van der Waals surface area contributed by atoms with Crippen molar-refractivity contribution in [3.63, 3.8) is 0 Å². The normalized spacial score (nSPS) is 11.9. The van der Waals surface area contributed by atoms with Crippen LogP contribution in [0.25, 0.3) is 0 Å². The van der Waals surface area contributed by atoms with Crippen LogP contribution in [0, 0.1) is 13.8 Å². The molecule has 9 heteroatoms. The zero-order valence-corrected chi connectivity index (χ0v) is 26.1. The highest BCUT2D eigenvalue weighted by Gasteiger charge is 2.33. The molecule has 0 spiro atoms. The highest BCUT2D eigenvalue weighted by Crippen LogP contribution is 2.26. The molecule has 0 aliphatic heterocycles. The Morgan fingerprint density at radius 1 is 0.857 bits per heavy atom. The third-order valence-electron chi connectivity index (χ3n) is 7.01. The molecule has 0 heterocycles. The number of amides is 2. The van der Waals surface area contributed by atoms with Crippen LogP contribution in [0.5, 0.6) is 5.75 Å². The molecule has 0 fully saturated rings. The van der Waals surface area contributed by atoms with E-state index in [1.807, 2.05) is 58.9 Å². The van der Waals surface area contributed by atoms with Crippen molar-refractivity contribution in [1.29, 1.82) is 0 Å². The second kappa shape index (κ2) is 15.4. The number of benzene rings is 3. The molecule has 3 aromatic rings. The van der Waals surface area contributed by atoms with Gasteiger partial charge in [-0.3, -0.25) is 13.9 Å². The molecule has 0 saturated carbocycles. The maximum atomic E-state index is 14.1. The van der Waals surface area contributed by atoms with Gasteiger partial charge in [0.15, 0.2) is 0 Å². The van der Waals surface area contributed by atoms with Crippen molar-refractivity contribution in [3.8, 4) is 5.75 Å². The highest BCUT2D eigenvalue weighted by atomic mass is 32.2. The molecule has 0 bridgehead atoms. The van der Waals surface area contributed by atoms with E-state index in [4.69, 9.17) is 4.74 Å². The van der Waals surface area contributed by atoms with Crippen LogP contribution in [0.1, 0.15) is 56.7 Å². The number of rotatable bonds is 15. The molecule has 0 aliphatic carbocycles. The summed E-state index contributed by atoms with van der Waals surface area (Å²) in [7, 11) is -4.15. The average molecular weight is 594 g/mol. The van der Waals surface area contributed by atoms with Crippen molar-refractivity contribution in [3.05, 3.63) is 89.5 Å². The lowest BCUT2D eigenvalue weighted by Crippen LogP contribution is -2.52. The molecule has 0 aliphatic rings. The van der Waals surface area contributed by atoms with Crippen molar-refractivity contribution < 1.29 is 22.7 Å². The largest absolute Gasteiger partial charge is 0.494 e. The fourth-order valence-corrected chi connectivity index (χ4v) is 5.97. The zero-order valence-electron chi connectivity index (χ0n) is 25.3. The predicted octanol–water partition coefficient (Wildman–Crippen LogP) is 5.62. The van der Waals surface area contributed by atoms with Gasteiger partial charge in [0.05, 0.1) is 17.2 Å². The Hall–Kier alpha value is -3.85. The minimum atomic E-state index is -4.15. The van der Waals surface area contributed by atoms with Gasteiger partial charge in [0.2, 0.25) is 11.8 Å². The lowest BCUT2D eigenvalue weighted by Gasteiger charge is -2.33. The van der Waals surface area contributed by atoms with E-state index in [1.165, 1.54) is 17.0 Å². The van der Waals surface area contributed by atoms with E-state index in [0.717, 1.165) is 33.8 Å². The van der Waals surface area contributed by atoms with Crippen LogP contribution in [-0.4, -0.2) is 50.9 Å². The summed E-state index contributed by atoms with van der Waals surface area (Å²) in [5.41, 5.74) is 3.25. The summed E-state index contributed by atoms with van der Waals surface area (Å²) in [5, 5.41) is 2.95. The van der Waals surface area contributed by atoms with Gasteiger partial charge < -0.3 is 15.0 Å². The molecule has 226 valence electrons. The fourth-order valence-electron chi connectivity index (χ4n) is 4.56. The minimum Gasteiger partial charge on any atom is -0.494 e. The Bertz CT molecular complexity index is 1410. The molecule has 42 heavy (non-hydrogen) atoms. The first kappa shape index (κ1) is 32.7. The molecule has 3 aromatic carbocycles. The first-order chi connectivity index (χ1) is 20.1. The maximum absolute atomic E-state index is 14.1. The zero-order chi connectivity index (χ0) is 30.7. The van der Waals surface area contributed by atoms with Crippen molar-refractivity contribution in [2.24, 2.45) is 0 Å². The van der Waals surface area contributed by atoms with Crippen LogP contribution in [0.4, 0.5) is 5.69 Å². The summed E-state index contributed by atoms with van der Waals surface area (Å²) in [5.74, 6) is -0.163. The molecule has 0 radical (unpaired) electrons. The Morgan fingerprint density at radius 3 is 2.00 bits per heavy atom. The Morgan fingerprint density at radius 2 is 1.45 bits per heavy atom. The number of hydrogen-bond acceptors (Lipinski definition) is 5. The van der Waals surface area contributed by atoms with Gasteiger partial charge in [0.25, 0.3) is 10.0 Å². The Labute approximate surface area is 250 Å². The third kappa shape index (κ3) is 8.58.